The van der Waals surface area contributed by atoms with Crippen molar-refractivity contribution in [2.24, 2.45) is 7.05 Å². The first-order chi connectivity index (χ1) is 21.2. The van der Waals surface area contributed by atoms with Crippen LogP contribution in [0.3, 0.4) is 0 Å². The maximum atomic E-state index is 13.5. The Morgan fingerprint density at radius 3 is 2.59 bits per heavy atom. The van der Waals surface area contributed by atoms with Crippen LogP contribution in [-0.4, -0.2) is 90.8 Å². The molecule has 4 aromatic rings. The van der Waals surface area contributed by atoms with Crippen molar-refractivity contribution in [2.75, 3.05) is 43.4 Å². The van der Waals surface area contributed by atoms with Gasteiger partial charge < -0.3 is 25.3 Å². The van der Waals surface area contributed by atoms with Crippen LogP contribution in [0.15, 0.2) is 48.8 Å². The summed E-state index contributed by atoms with van der Waals surface area (Å²) in [5, 5.41) is 14.3. The van der Waals surface area contributed by atoms with Crippen LogP contribution in [0.1, 0.15) is 41.5 Å². The Labute approximate surface area is 260 Å². The molecule has 3 aromatic heterocycles. The molecule has 0 radical (unpaired) electrons. The van der Waals surface area contributed by atoms with E-state index in [9.17, 15) is 9.59 Å². The van der Waals surface area contributed by atoms with Gasteiger partial charge in [-0.25, -0.2) is 15.0 Å². The van der Waals surface area contributed by atoms with Gasteiger partial charge in [0.25, 0.3) is 5.91 Å². The van der Waals surface area contributed by atoms with Crippen molar-refractivity contribution >= 4 is 41.0 Å². The van der Waals surface area contributed by atoms with Crippen molar-refractivity contribution in [3.63, 3.8) is 0 Å². The van der Waals surface area contributed by atoms with E-state index in [-0.39, 0.29) is 17.9 Å². The van der Waals surface area contributed by atoms with Crippen LogP contribution in [0.4, 0.5) is 17.6 Å². The van der Waals surface area contributed by atoms with Crippen LogP contribution in [0.25, 0.3) is 11.3 Å². The number of anilines is 3. The molecule has 2 unspecified atom stereocenters. The van der Waals surface area contributed by atoms with Crippen LogP contribution < -0.4 is 15.5 Å². The van der Waals surface area contributed by atoms with Gasteiger partial charge in [0.2, 0.25) is 11.9 Å². The lowest BCUT2D eigenvalue weighted by Gasteiger charge is -2.33. The van der Waals surface area contributed by atoms with Crippen molar-refractivity contribution in [3.8, 4) is 11.3 Å². The molecule has 44 heavy (non-hydrogen) atoms. The number of aryl methyl sites for hydroxylation is 1. The van der Waals surface area contributed by atoms with Gasteiger partial charge in [0.15, 0.2) is 5.82 Å². The summed E-state index contributed by atoms with van der Waals surface area (Å²) < 4.78 is 1.56. The van der Waals surface area contributed by atoms with Gasteiger partial charge in [-0.3, -0.25) is 14.3 Å². The molecular formula is C30H34ClN11O2. The smallest absolute Gasteiger partial charge is 0.255 e. The monoisotopic (exact) mass is 615 g/mol. The number of fused-ring (bicyclic) bond motifs is 1. The second-order valence-corrected chi connectivity index (χ2v) is 11.6. The standard InChI is InChI=1S/C30H34ClN11O2/c1-18(24-6-5-7-26(34-24)41-12-10-39(3)11-13-41)33-28(43)19(2)42-16-21-9-8-20(14-22(21)29(42)44)27-23(31)15-32-30(36-27)35-25-17-40(4)38-37-25/h5-9,14-15,17-19H,10-13,16H2,1-4H3,(H,33,43)(H,32,35,36). The fourth-order valence-corrected chi connectivity index (χ4v) is 5.57. The number of halogens is 1. The molecule has 1 aromatic carbocycles. The first-order valence-corrected chi connectivity index (χ1v) is 14.8. The summed E-state index contributed by atoms with van der Waals surface area (Å²) in [7, 11) is 3.88. The Hall–Kier alpha value is -4.62. The molecule has 1 saturated heterocycles. The number of amides is 2. The third-order valence-electron chi connectivity index (χ3n) is 8.03. The summed E-state index contributed by atoms with van der Waals surface area (Å²) in [4.78, 5) is 46.7. The van der Waals surface area contributed by atoms with Crippen molar-refractivity contribution in [3.05, 3.63) is 70.6 Å². The van der Waals surface area contributed by atoms with E-state index in [4.69, 9.17) is 16.6 Å². The van der Waals surface area contributed by atoms with E-state index in [0.717, 1.165) is 43.3 Å². The van der Waals surface area contributed by atoms with Crippen LogP contribution in [0.2, 0.25) is 5.02 Å². The van der Waals surface area contributed by atoms with Crippen molar-refractivity contribution in [1.29, 1.82) is 0 Å². The molecule has 6 rings (SSSR count). The fraction of sp³-hybridized carbons (Fsp3) is 0.367. The first-order valence-electron chi connectivity index (χ1n) is 14.5. The predicted molar refractivity (Wildman–Crippen MR) is 167 cm³/mol. The molecule has 2 aliphatic rings. The zero-order valence-corrected chi connectivity index (χ0v) is 25.8. The maximum absolute atomic E-state index is 13.5. The summed E-state index contributed by atoms with van der Waals surface area (Å²) in [6.45, 7) is 7.77. The SMILES string of the molecule is CC(NC(=O)C(C)N1Cc2ccc(-c3nc(Nc4cn(C)nn4)ncc3Cl)cc2C1=O)c1cccc(N2CCN(C)CC2)n1. The second kappa shape index (κ2) is 12.2. The van der Waals surface area contributed by atoms with Gasteiger partial charge in [0.1, 0.15) is 11.9 Å². The van der Waals surface area contributed by atoms with Gasteiger partial charge in [-0.15, -0.1) is 5.10 Å². The normalized spacial score (nSPS) is 16.5. The quantitative estimate of drug-likeness (QED) is 0.304. The van der Waals surface area contributed by atoms with Crippen LogP contribution >= 0.6 is 11.6 Å². The Morgan fingerprint density at radius 2 is 1.84 bits per heavy atom. The molecule has 0 spiro atoms. The van der Waals surface area contributed by atoms with E-state index < -0.39 is 6.04 Å². The van der Waals surface area contributed by atoms with Crippen LogP contribution in [0.5, 0.6) is 0 Å². The fourth-order valence-electron chi connectivity index (χ4n) is 5.37. The van der Waals surface area contributed by atoms with E-state index in [0.29, 0.717) is 40.2 Å². The Morgan fingerprint density at radius 1 is 1.05 bits per heavy atom. The van der Waals surface area contributed by atoms with E-state index in [2.05, 4.69) is 47.8 Å². The molecule has 228 valence electrons. The molecule has 5 heterocycles. The van der Waals surface area contributed by atoms with E-state index in [1.54, 1.807) is 35.8 Å². The van der Waals surface area contributed by atoms with Gasteiger partial charge in [0, 0.05) is 50.9 Å². The summed E-state index contributed by atoms with van der Waals surface area (Å²) >= 11 is 6.46. The molecule has 0 bridgehead atoms. The second-order valence-electron chi connectivity index (χ2n) is 11.2. The van der Waals surface area contributed by atoms with Gasteiger partial charge in [-0.05, 0) is 44.7 Å². The molecule has 2 aliphatic heterocycles. The van der Waals surface area contributed by atoms with Crippen molar-refractivity contribution in [1.82, 2.24) is 45.1 Å². The average Bonchev–Trinajstić information content (AvgIpc) is 3.59. The first kappa shape index (κ1) is 29.5. The number of aromatic nitrogens is 6. The van der Waals surface area contributed by atoms with Crippen molar-refractivity contribution < 1.29 is 9.59 Å². The molecule has 14 heteroatoms. The molecule has 0 aliphatic carbocycles. The molecular weight excluding hydrogens is 582 g/mol. The number of hydrogen-bond donors (Lipinski definition) is 2. The number of nitrogens with one attached hydrogen (secondary N) is 2. The van der Waals surface area contributed by atoms with Crippen molar-refractivity contribution in [2.45, 2.75) is 32.5 Å². The number of likely N-dealkylation sites (N-methyl/N-ethyl adjacent to an activating group) is 1. The minimum absolute atomic E-state index is 0.226. The molecule has 0 saturated carbocycles. The topological polar surface area (TPSA) is 137 Å². The van der Waals surface area contributed by atoms with Gasteiger partial charge >= 0.3 is 0 Å². The Bertz CT molecular complexity index is 1700. The van der Waals surface area contributed by atoms with Gasteiger partial charge in [-0.1, -0.05) is 35.0 Å². The number of benzene rings is 1. The molecule has 2 atom stereocenters. The zero-order valence-electron chi connectivity index (χ0n) is 25.0. The highest BCUT2D eigenvalue weighted by atomic mass is 35.5. The third kappa shape index (κ3) is 6.06. The lowest BCUT2D eigenvalue weighted by Crippen LogP contribution is -2.46. The van der Waals surface area contributed by atoms with Crippen LogP contribution in [0, 0.1) is 0 Å². The van der Waals surface area contributed by atoms with E-state index in [1.807, 2.05) is 37.3 Å². The zero-order chi connectivity index (χ0) is 31.0. The molecule has 13 nitrogen and oxygen atoms in total. The largest absolute Gasteiger partial charge is 0.354 e. The van der Waals surface area contributed by atoms with E-state index in [1.165, 1.54) is 6.20 Å². The highest BCUT2D eigenvalue weighted by Crippen LogP contribution is 2.32. The lowest BCUT2D eigenvalue weighted by molar-refractivity contribution is -0.125. The number of hydrogen-bond acceptors (Lipinski definition) is 10. The lowest BCUT2D eigenvalue weighted by atomic mass is 10.0. The van der Waals surface area contributed by atoms with E-state index >= 15 is 0 Å². The average molecular weight is 616 g/mol. The number of nitrogens with zero attached hydrogens (tertiary/aromatic N) is 9. The summed E-state index contributed by atoms with van der Waals surface area (Å²) in [5.41, 5.74) is 3.24. The highest BCUT2D eigenvalue weighted by molar-refractivity contribution is 6.33. The predicted octanol–water partition coefficient (Wildman–Crippen LogP) is 3.04. The number of piperazine rings is 1. The van der Waals surface area contributed by atoms with Gasteiger partial charge in [-0.2, -0.15) is 0 Å². The maximum Gasteiger partial charge on any atom is 0.255 e. The summed E-state index contributed by atoms with van der Waals surface area (Å²) in [6, 6.07) is 10.4. The Balaban J connectivity index is 1.13. The molecule has 2 amide bonds. The summed E-state index contributed by atoms with van der Waals surface area (Å²) in [6.07, 6.45) is 3.19. The number of pyridine rings is 1. The highest BCUT2D eigenvalue weighted by Gasteiger charge is 2.35. The third-order valence-corrected chi connectivity index (χ3v) is 8.31. The molecule has 1 fully saturated rings. The minimum Gasteiger partial charge on any atom is -0.354 e. The Kier molecular flexibility index (Phi) is 8.15. The molecule has 2 N–H and O–H groups in total. The number of carbonyl (C=O) groups excluding carboxylic acids is 2. The minimum atomic E-state index is -0.688. The summed E-state index contributed by atoms with van der Waals surface area (Å²) in [5.74, 6) is 1.22. The van der Waals surface area contributed by atoms with Gasteiger partial charge in [0.05, 0.1) is 34.8 Å². The number of rotatable bonds is 8. The van der Waals surface area contributed by atoms with Crippen LogP contribution in [-0.2, 0) is 18.4 Å². The number of carbonyl (C=O) groups is 2.